The van der Waals surface area contributed by atoms with Crippen LogP contribution in [0, 0.1) is 11.7 Å². The molecule has 1 fully saturated rings. The maximum absolute atomic E-state index is 13.0. The molecule has 128 valence electrons. The number of piperidine rings is 1. The maximum Gasteiger partial charge on any atom is 0.124 e. The second kappa shape index (κ2) is 8.81. The number of nitrogens with one attached hydrogen (secondary N) is 2. The summed E-state index contributed by atoms with van der Waals surface area (Å²) in [6, 6.07) is 14.5. The SMILES string of the molecule is Fc1ccc(COc2ccccc2CNCC2CCNCC2)cc1. The third kappa shape index (κ3) is 5.05. The van der Waals surface area contributed by atoms with E-state index in [0.717, 1.165) is 49.0 Å². The molecule has 0 amide bonds. The standard InChI is InChI=1S/C20H25FN2O/c21-19-7-5-17(6-8-19)15-24-20-4-2-1-3-18(20)14-23-13-16-9-11-22-12-10-16/h1-8,16,22-23H,9-15H2. The first kappa shape index (κ1) is 16.9. The Morgan fingerprint density at radius 2 is 1.79 bits per heavy atom. The zero-order chi connectivity index (χ0) is 16.6. The van der Waals surface area contributed by atoms with Crippen molar-refractivity contribution in [2.75, 3.05) is 19.6 Å². The summed E-state index contributed by atoms with van der Waals surface area (Å²) in [4.78, 5) is 0. The van der Waals surface area contributed by atoms with Crippen molar-refractivity contribution in [3.05, 3.63) is 65.5 Å². The van der Waals surface area contributed by atoms with Crippen LogP contribution in [0.2, 0.25) is 0 Å². The van der Waals surface area contributed by atoms with Crippen LogP contribution < -0.4 is 15.4 Å². The van der Waals surface area contributed by atoms with Gasteiger partial charge in [0.1, 0.15) is 18.2 Å². The fraction of sp³-hybridized carbons (Fsp3) is 0.400. The second-order valence-electron chi connectivity index (χ2n) is 6.35. The van der Waals surface area contributed by atoms with E-state index in [9.17, 15) is 4.39 Å². The van der Waals surface area contributed by atoms with Gasteiger partial charge in [0.25, 0.3) is 0 Å². The summed E-state index contributed by atoms with van der Waals surface area (Å²) in [6.45, 7) is 4.57. The molecule has 0 atom stereocenters. The quantitative estimate of drug-likeness (QED) is 0.816. The van der Waals surface area contributed by atoms with E-state index in [1.807, 2.05) is 18.2 Å². The molecule has 3 nitrogen and oxygen atoms in total. The summed E-state index contributed by atoms with van der Waals surface area (Å²) in [7, 11) is 0. The van der Waals surface area contributed by atoms with Crippen LogP contribution in [-0.2, 0) is 13.2 Å². The molecule has 4 heteroatoms. The highest BCUT2D eigenvalue weighted by atomic mass is 19.1. The van der Waals surface area contributed by atoms with E-state index >= 15 is 0 Å². The zero-order valence-corrected chi connectivity index (χ0v) is 13.9. The Bertz CT molecular complexity index is 624. The lowest BCUT2D eigenvalue weighted by molar-refractivity contribution is 0.300. The van der Waals surface area contributed by atoms with Crippen molar-refractivity contribution in [3.63, 3.8) is 0 Å². The Kier molecular flexibility index (Phi) is 6.21. The Hall–Kier alpha value is -1.91. The number of para-hydroxylation sites is 1. The van der Waals surface area contributed by atoms with Crippen LogP contribution in [-0.4, -0.2) is 19.6 Å². The predicted octanol–water partition coefficient (Wildman–Crippen LogP) is 3.49. The zero-order valence-electron chi connectivity index (χ0n) is 13.9. The summed E-state index contributed by atoms with van der Waals surface area (Å²) in [5.74, 6) is 1.43. The van der Waals surface area contributed by atoms with E-state index in [-0.39, 0.29) is 5.82 Å². The topological polar surface area (TPSA) is 33.3 Å². The summed E-state index contributed by atoms with van der Waals surface area (Å²) >= 11 is 0. The molecule has 0 spiro atoms. The lowest BCUT2D eigenvalue weighted by Gasteiger charge is -2.23. The Morgan fingerprint density at radius 3 is 2.58 bits per heavy atom. The first-order chi connectivity index (χ1) is 11.8. The molecule has 2 aromatic rings. The minimum absolute atomic E-state index is 0.221. The van der Waals surface area contributed by atoms with Gasteiger partial charge in [-0.1, -0.05) is 30.3 Å². The molecule has 1 aliphatic rings. The van der Waals surface area contributed by atoms with Gasteiger partial charge in [0.05, 0.1) is 0 Å². The maximum atomic E-state index is 13.0. The highest BCUT2D eigenvalue weighted by Gasteiger charge is 2.12. The van der Waals surface area contributed by atoms with E-state index in [4.69, 9.17) is 4.74 Å². The number of ether oxygens (including phenoxy) is 1. The molecule has 0 aliphatic carbocycles. The van der Waals surface area contributed by atoms with Crippen molar-refractivity contribution in [1.82, 2.24) is 10.6 Å². The summed E-state index contributed by atoms with van der Waals surface area (Å²) < 4.78 is 18.9. The van der Waals surface area contributed by atoms with Gasteiger partial charge >= 0.3 is 0 Å². The number of rotatable bonds is 7. The fourth-order valence-corrected chi connectivity index (χ4v) is 3.03. The van der Waals surface area contributed by atoms with Gasteiger partial charge in [-0.15, -0.1) is 0 Å². The summed E-state index contributed by atoms with van der Waals surface area (Å²) in [6.07, 6.45) is 2.49. The largest absolute Gasteiger partial charge is 0.489 e. The lowest BCUT2D eigenvalue weighted by atomic mass is 9.98. The highest BCUT2D eigenvalue weighted by molar-refractivity contribution is 5.33. The van der Waals surface area contributed by atoms with Gasteiger partial charge in [-0.3, -0.25) is 0 Å². The van der Waals surface area contributed by atoms with Crippen molar-refractivity contribution in [3.8, 4) is 5.75 Å². The van der Waals surface area contributed by atoms with Gasteiger partial charge in [-0.05, 0) is 62.2 Å². The molecular weight excluding hydrogens is 303 g/mol. The van der Waals surface area contributed by atoms with Crippen LogP contribution in [0.1, 0.15) is 24.0 Å². The Morgan fingerprint density at radius 1 is 1.04 bits per heavy atom. The molecule has 0 radical (unpaired) electrons. The number of halogens is 1. The minimum atomic E-state index is -0.221. The van der Waals surface area contributed by atoms with Crippen molar-refractivity contribution >= 4 is 0 Å². The van der Waals surface area contributed by atoms with Crippen molar-refractivity contribution in [2.24, 2.45) is 5.92 Å². The Balaban J connectivity index is 1.51. The van der Waals surface area contributed by atoms with Crippen molar-refractivity contribution in [1.29, 1.82) is 0 Å². The molecule has 0 aromatic heterocycles. The van der Waals surface area contributed by atoms with Gasteiger partial charge in [0.15, 0.2) is 0 Å². The molecule has 0 unspecified atom stereocenters. The fourth-order valence-electron chi connectivity index (χ4n) is 3.03. The first-order valence-electron chi connectivity index (χ1n) is 8.68. The van der Waals surface area contributed by atoms with Crippen molar-refractivity contribution in [2.45, 2.75) is 26.0 Å². The molecule has 2 aromatic carbocycles. The third-order valence-corrected chi connectivity index (χ3v) is 4.49. The van der Waals surface area contributed by atoms with Crippen LogP contribution >= 0.6 is 0 Å². The summed E-state index contributed by atoms with van der Waals surface area (Å²) in [5, 5.41) is 6.96. The third-order valence-electron chi connectivity index (χ3n) is 4.49. The second-order valence-corrected chi connectivity index (χ2v) is 6.35. The molecular formula is C20H25FN2O. The molecule has 1 heterocycles. The first-order valence-corrected chi connectivity index (χ1v) is 8.68. The van der Waals surface area contributed by atoms with E-state index in [2.05, 4.69) is 16.7 Å². The molecule has 2 N–H and O–H groups in total. The molecule has 1 saturated heterocycles. The number of hydrogen-bond donors (Lipinski definition) is 2. The van der Waals surface area contributed by atoms with Crippen LogP contribution in [0.25, 0.3) is 0 Å². The monoisotopic (exact) mass is 328 g/mol. The number of hydrogen-bond acceptors (Lipinski definition) is 3. The average Bonchev–Trinajstić information content (AvgIpc) is 2.63. The molecule has 0 bridgehead atoms. The predicted molar refractivity (Wildman–Crippen MR) is 94.5 cm³/mol. The van der Waals surface area contributed by atoms with Crippen LogP contribution in [0.15, 0.2) is 48.5 Å². The number of benzene rings is 2. The molecule has 0 saturated carbocycles. The normalized spacial score (nSPS) is 15.4. The van der Waals surface area contributed by atoms with E-state index < -0.39 is 0 Å². The Labute approximate surface area is 143 Å². The van der Waals surface area contributed by atoms with Gasteiger partial charge in [0, 0.05) is 12.1 Å². The van der Waals surface area contributed by atoms with Crippen LogP contribution in [0.3, 0.4) is 0 Å². The molecule has 1 aliphatic heterocycles. The van der Waals surface area contributed by atoms with Crippen LogP contribution in [0.5, 0.6) is 5.75 Å². The van der Waals surface area contributed by atoms with Gasteiger partial charge in [-0.2, -0.15) is 0 Å². The van der Waals surface area contributed by atoms with E-state index in [1.54, 1.807) is 12.1 Å². The van der Waals surface area contributed by atoms with E-state index in [0.29, 0.717) is 6.61 Å². The lowest BCUT2D eigenvalue weighted by Crippen LogP contribution is -2.33. The van der Waals surface area contributed by atoms with Gasteiger partial charge in [-0.25, -0.2) is 4.39 Å². The van der Waals surface area contributed by atoms with E-state index in [1.165, 1.54) is 25.0 Å². The molecule has 24 heavy (non-hydrogen) atoms. The van der Waals surface area contributed by atoms with Crippen molar-refractivity contribution < 1.29 is 9.13 Å². The molecule has 3 rings (SSSR count). The van der Waals surface area contributed by atoms with Gasteiger partial charge < -0.3 is 15.4 Å². The average molecular weight is 328 g/mol. The smallest absolute Gasteiger partial charge is 0.124 e. The minimum Gasteiger partial charge on any atom is -0.489 e. The van der Waals surface area contributed by atoms with Gasteiger partial charge in [0.2, 0.25) is 0 Å². The summed E-state index contributed by atoms with van der Waals surface area (Å²) in [5.41, 5.74) is 2.13. The highest BCUT2D eigenvalue weighted by Crippen LogP contribution is 2.20. The van der Waals surface area contributed by atoms with Crippen LogP contribution in [0.4, 0.5) is 4.39 Å².